The Bertz CT molecular complexity index is 327. The van der Waals surface area contributed by atoms with E-state index in [-0.39, 0.29) is 17.1 Å². The van der Waals surface area contributed by atoms with E-state index in [2.05, 4.69) is 0 Å². The van der Waals surface area contributed by atoms with E-state index in [1.165, 1.54) is 0 Å². The molecule has 0 aliphatic heterocycles. The molecular formula is C12H16O2. The fourth-order valence-corrected chi connectivity index (χ4v) is 2.64. The predicted octanol–water partition coefficient (Wildman–Crippen LogP) is 2.28. The summed E-state index contributed by atoms with van der Waals surface area (Å²) in [7, 11) is 0. The highest BCUT2D eigenvalue weighted by molar-refractivity contribution is 5.98. The number of hydrogen-bond donors (Lipinski definition) is 0. The van der Waals surface area contributed by atoms with Gasteiger partial charge in [0, 0.05) is 17.8 Å². The summed E-state index contributed by atoms with van der Waals surface area (Å²) in [5, 5.41) is 0. The quantitative estimate of drug-likeness (QED) is 0.590. The summed E-state index contributed by atoms with van der Waals surface area (Å²) < 4.78 is 0. The van der Waals surface area contributed by atoms with Crippen molar-refractivity contribution in [2.45, 2.75) is 39.5 Å². The normalized spacial score (nSPS) is 37.9. The first-order valence-corrected chi connectivity index (χ1v) is 5.32. The molecule has 2 atom stereocenters. The van der Waals surface area contributed by atoms with Crippen molar-refractivity contribution in [2.75, 3.05) is 0 Å². The molecule has 1 saturated carbocycles. The second-order valence-corrected chi connectivity index (χ2v) is 4.77. The number of fused-ring (bicyclic) bond motifs is 1. The van der Waals surface area contributed by atoms with E-state index >= 15 is 0 Å². The van der Waals surface area contributed by atoms with Crippen molar-refractivity contribution < 1.29 is 9.59 Å². The number of hydrogen-bond acceptors (Lipinski definition) is 2. The Hall–Kier alpha value is -0.920. The Morgan fingerprint density at radius 1 is 1.36 bits per heavy atom. The number of ketones is 2. The van der Waals surface area contributed by atoms with Gasteiger partial charge in [-0.05, 0) is 32.3 Å². The topological polar surface area (TPSA) is 34.1 Å². The van der Waals surface area contributed by atoms with Crippen LogP contribution in [0.25, 0.3) is 0 Å². The molecular weight excluding hydrogens is 176 g/mol. The van der Waals surface area contributed by atoms with E-state index in [0.29, 0.717) is 12.2 Å². The van der Waals surface area contributed by atoms with Crippen LogP contribution < -0.4 is 0 Å². The van der Waals surface area contributed by atoms with Crippen LogP contribution in [0, 0.1) is 11.3 Å². The SMILES string of the molecule is CC1CCC2=CC(=O)CCC2(C)C1=O. The molecule has 0 aromatic rings. The minimum absolute atomic E-state index is 0.172. The van der Waals surface area contributed by atoms with E-state index in [4.69, 9.17) is 0 Å². The van der Waals surface area contributed by atoms with E-state index < -0.39 is 0 Å². The highest BCUT2D eigenvalue weighted by Crippen LogP contribution is 2.45. The van der Waals surface area contributed by atoms with E-state index in [1.54, 1.807) is 6.08 Å². The summed E-state index contributed by atoms with van der Waals surface area (Å²) in [4.78, 5) is 23.3. The van der Waals surface area contributed by atoms with E-state index in [0.717, 1.165) is 24.8 Å². The van der Waals surface area contributed by atoms with Gasteiger partial charge >= 0.3 is 0 Å². The lowest BCUT2D eigenvalue weighted by molar-refractivity contribution is -0.132. The van der Waals surface area contributed by atoms with Gasteiger partial charge < -0.3 is 0 Å². The van der Waals surface area contributed by atoms with Gasteiger partial charge in [0.25, 0.3) is 0 Å². The maximum atomic E-state index is 12.0. The lowest BCUT2D eigenvalue weighted by atomic mass is 9.62. The van der Waals surface area contributed by atoms with Gasteiger partial charge in [-0.3, -0.25) is 9.59 Å². The second-order valence-electron chi connectivity index (χ2n) is 4.77. The number of carbonyl (C=O) groups is 2. The first-order valence-electron chi connectivity index (χ1n) is 5.32. The molecule has 0 aromatic heterocycles. The summed E-state index contributed by atoms with van der Waals surface area (Å²) in [6.45, 7) is 4.00. The van der Waals surface area contributed by atoms with Gasteiger partial charge in [-0.25, -0.2) is 0 Å². The van der Waals surface area contributed by atoms with Crippen molar-refractivity contribution in [3.05, 3.63) is 11.6 Å². The van der Waals surface area contributed by atoms with Crippen LogP contribution in [-0.2, 0) is 9.59 Å². The molecule has 14 heavy (non-hydrogen) atoms. The van der Waals surface area contributed by atoms with Crippen LogP contribution >= 0.6 is 0 Å². The monoisotopic (exact) mass is 192 g/mol. The smallest absolute Gasteiger partial charge is 0.155 e. The molecule has 0 aromatic carbocycles. The van der Waals surface area contributed by atoms with Gasteiger partial charge in [-0.2, -0.15) is 0 Å². The van der Waals surface area contributed by atoms with Gasteiger partial charge in [0.05, 0.1) is 0 Å². The highest BCUT2D eigenvalue weighted by Gasteiger charge is 2.44. The van der Waals surface area contributed by atoms with Crippen LogP contribution in [0.1, 0.15) is 39.5 Å². The van der Waals surface area contributed by atoms with Gasteiger partial charge in [-0.15, -0.1) is 0 Å². The van der Waals surface area contributed by atoms with Crippen molar-refractivity contribution in [3.63, 3.8) is 0 Å². The number of allylic oxidation sites excluding steroid dienone is 2. The predicted molar refractivity (Wildman–Crippen MR) is 53.8 cm³/mol. The van der Waals surface area contributed by atoms with Crippen LogP contribution in [0.3, 0.4) is 0 Å². The summed E-state index contributed by atoms with van der Waals surface area (Å²) in [6.07, 6.45) is 4.81. The molecule has 2 aliphatic carbocycles. The second kappa shape index (κ2) is 3.04. The van der Waals surface area contributed by atoms with Gasteiger partial charge in [0.15, 0.2) is 5.78 Å². The molecule has 2 unspecified atom stereocenters. The van der Waals surface area contributed by atoms with Crippen molar-refractivity contribution in [3.8, 4) is 0 Å². The zero-order valence-electron chi connectivity index (χ0n) is 8.80. The molecule has 2 heteroatoms. The van der Waals surface area contributed by atoms with Crippen LogP contribution in [0.2, 0.25) is 0 Å². The van der Waals surface area contributed by atoms with Gasteiger partial charge in [-0.1, -0.05) is 12.5 Å². The van der Waals surface area contributed by atoms with Crippen LogP contribution in [0.5, 0.6) is 0 Å². The molecule has 0 radical (unpaired) electrons. The number of rotatable bonds is 0. The lowest BCUT2D eigenvalue weighted by Crippen LogP contribution is -2.40. The largest absolute Gasteiger partial charge is 0.298 e. The first-order chi connectivity index (χ1) is 6.54. The fraction of sp³-hybridized carbons (Fsp3) is 0.667. The molecule has 0 bridgehead atoms. The fourth-order valence-electron chi connectivity index (χ4n) is 2.64. The van der Waals surface area contributed by atoms with Crippen molar-refractivity contribution >= 4 is 11.6 Å². The standard InChI is InChI=1S/C12H16O2/c1-8-3-4-9-7-10(13)5-6-12(9,2)11(8)14/h7-8H,3-6H2,1-2H3. The maximum Gasteiger partial charge on any atom is 0.155 e. The third kappa shape index (κ3) is 1.24. The molecule has 0 saturated heterocycles. The molecule has 2 rings (SSSR count). The van der Waals surface area contributed by atoms with Crippen molar-refractivity contribution in [2.24, 2.45) is 11.3 Å². The van der Waals surface area contributed by atoms with Gasteiger partial charge in [0.2, 0.25) is 0 Å². The van der Waals surface area contributed by atoms with Crippen LogP contribution in [-0.4, -0.2) is 11.6 Å². The first kappa shape index (κ1) is 9.63. The average molecular weight is 192 g/mol. The summed E-state index contributed by atoms with van der Waals surface area (Å²) in [5.74, 6) is 0.702. The van der Waals surface area contributed by atoms with Crippen molar-refractivity contribution in [1.82, 2.24) is 0 Å². The Labute approximate surface area is 84.4 Å². The summed E-state index contributed by atoms with van der Waals surface area (Å²) in [5.41, 5.74) is 0.767. The summed E-state index contributed by atoms with van der Waals surface area (Å²) >= 11 is 0. The minimum Gasteiger partial charge on any atom is -0.298 e. The van der Waals surface area contributed by atoms with Crippen molar-refractivity contribution in [1.29, 1.82) is 0 Å². The number of Topliss-reactive ketones (excluding diaryl/α,β-unsaturated/α-hetero) is 1. The van der Waals surface area contributed by atoms with Crippen LogP contribution in [0.15, 0.2) is 11.6 Å². The Morgan fingerprint density at radius 3 is 2.79 bits per heavy atom. The molecule has 76 valence electrons. The molecule has 0 heterocycles. The highest BCUT2D eigenvalue weighted by atomic mass is 16.1. The molecule has 0 N–H and O–H groups in total. The molecule has 0 spiro atoms. The third-order valence-electron chi connectivity index (χ3n) is 3.75. The average Bonchev–Trinajstić information content (AvgIpc) is 2.16. The Kier molecular flexibility index (Phi) is 2.09. The minimum atomic E-state index is -0.314. The maximum absolute atomic E-state index is 12.0. The Balaban J connectivity index is 2.40. The zero-order valence-corrected chi connectivity index (χ0v) is 8.80. The van der Waals surface area contributed by atoms with E-state index in [1.807, 2.05) is 13.8 Å². The molecule has 2 nitrogen and oxygen atoms in total. The third-order valence-corrected chi connectivity index (χ3v) is 3.75. The summed E-state index contributed by atoms with van der Waals surface area (Å²) in [6, 6.07) is 0. The molecule has 2 aliphatic rings. The van der Waals surface area contributed by atoms with Crippen LogP contribution in [0.4, 0.5) is 0 Å². The molecule has 1 fully saturated rings. The zero-order chi connectivity index (χ0) is 10.3. The lowest BCUT2D eigenvalue weighted by Gasteiger charge is -2.40. The Morgan fingerprint density at radius 2 is 2.07 bits per heavy atom. The number of carbonyl (C=O) groups excluding carboxylic acids is 2. The van der Waals surface area contributed by atoms with Gasteiger partial charge in [0.1, 0.15) is 5.78 Å². The molecule has 0 amide bonds. The van der Waals surface area contributed by atoms with E-state index in [9.17, 15) is 9.59 Å².